The maximum absolute atomic E-state index is 14.6. The quantitative estimate of drug-likeness (QED) is 0.505. The smallest absolute Gasteiger partial charge is 0.103 e. The lowest BCUT2D eigenvalue weighted by Gasteiger charge is -2.44. The van der Waals surface area contributed by atoms with Crippen LogP contribution in [0.3, 0.4) is 0 Å². The number of alkyl halides is 1. The molecule has 3 rings (SSSR count). The van der Waals surface area contributed by atoms with Gasteiger partial charge in [0.15, 0.2) is 0 Å². The molecule has 3 heteroatoms. The predicted molar refractivity (Wildman–Crippen MR) is 123 cm³/mol. The highest BCUT2D eigenvalue weighted by Gasteiger charge is 2.50. The highest BCUT2D eigenvalue weighted by atomic mass is 19.1. The van der Waals surface area contributed by atoms with Gasteiger partial charge in [0.05, 0.1) is 11.7 Å². The van der Waals surface area contributed by atoms with E-state index in [2.05, 4.69) is 32.6 Å². The maximum atomic E-state index is 14.6. The van der Waals surface area contributed by atoms with Crippen LogP contribution in [0.15, 0.2) is 35.5 Å². The molecule has 0 radical (unpaired) electrons. The van der Waals surface area contributed by atoms with Gasteiger partial charge < -0.3 is 10.2 Å². The van der Waals surface area contributed by atoms with Gasteiger partial charge in [-0.3, -0.25) is 0 Å². The Hall–Kier alpha value is -0.930. The molecule has 0 spiro atoms. The monoisotopic (exact) mass is 418 g/mol. The normalized spacial score (nSPS) is 37.4. The Labute approximate surface area is 183 Å². The zero-order valence-electron chi connectivity index (χ0n) is 19.6. The first kappa shape index (κ1) is 23.7. The molecular weight excluding hydrogens is 375 g/mol. The summed E-state index contributed by atoms with van der Waals surface area (Å²) in [7, 11) is 0. The van der Waals surface area contributed by atoms with Gasteiger partial charge in [0.2, 0.25) is 0 Å². The Morgan fingerprint density at radius 1 is 1.23 bits per heavy atom. The second kappa shape index (κ2) is 9.28. The van der Waals surface area contributed by atoms with Gasteiger partial charge in [-0.2, -0.15) is 0 Å². The van der Waals surface area contributed by atoms with Crippen LogP contribution in [-0.4, -0.2) is 28.1 Å². The number of allylic oxidation sites excluding steroid dienone is 4. The van der Waals surface area contributed by atoms with Crippen molar-refractivity contribution in [2.24, 2.45) is 23.2 Å². The van der Waals surface area contributed by atoms with Gasteiger partial charge in [-0.15, -0.1) is 0 Å². The molecule has 2 nitrogen and oxygen atoms in total. The summed E-state index contributed by atoms with van der Waals surface area (Å²) in [6.45, 7) is 12.3. The SMILES string of the molecule is C=C1CC[C@H](O)C/C1=C/C=C1\CCC[C@]2(C)[C@@H]([C@H](C)C[C@H](F)CC(C)(C)O)CC[C@@H]12. The van der Waals surface area contributed by atoms with E-state index in [0.717, 1.165) is 25.7 Å². The largest absolute Gasteiger partial charge is 0.393 e. The summed E-state index contributed by atoms with van der Waals surface area (Å²) < 4.78 is 14.6. The summed E-state index contributed by atoms with van der Waals surface area (Å²) >= 11 is 0. The molecule has 0 bridgehead atoms. The Balaban J connectivity index is 1.71. The van der Waals surface area contributed by atoms with Crippen LogP contribution >= 0.6 is 0 Å². The van der Waals surface area contributed by atoms with E-state index in [9.17, 15) is 14.6 Å². The molecule has 3 fully saturated rings. The minimum atomic E-state index is -0.938. The molecule has 0 aromatic carbocycles. The fourth-order valence-electron chi connectivity index (χ4n) is 6.80. The fraction of sp³-hybridized carbons (Fsp3) is 0.778. The van der Waals surface area contributed by atoms with Gasteiger partial charge in [0.1, 0.15) is 6.17 Å². The third-order valence-corrected chi connectivity index (χ3v) is 8.26. The zero-order chi connectivity index (χ0) is 22.1. The Bertz CT molecular complexity index is 685. The summed E-state index contributed by atoms with van der Waals surface area (Å²) in [5.41, 5.74) is 3.25. The van der Waals surface area contributed by atoms with Crippen LogP contribution in [0.2, 0.25) is 0 Å². The van der Waals surface area contributed by atoms with Crippen LogP contribution in [0.4, 0.5) is 4.39 Å². The Kier molecular flexibility index (Phi) is 7.34. The van der Waals surface area contributed by atoms with Crippen molar-refractivity contribution in [3.8, 4) is 0 Å². The molecule has 0 saturated heterocycles. The number of fused-ring (bicyclic) bond motifs is 1. The van der Waals surface area contributed by atoms with Crippen molar-refractivity contribution < 1.29 is 14.6 Å². The molecule has 2 N–H and O–H groups in total. The van der Waals surface area contributed by atoms with Gasteiger partial charge in [-0.25, -0.2) is 4.39 Å². The van der Waals surface area contributed by atoms with Gasteiger partial charge >= 0.3 is 0 Å². The summed E-state index contributed by atoms with van der Waals surface area (Å²) in [4.78, 5) is 0. The lowest BCUT2D eigenvalue weighted by atomic mass is 9.60. The third kappa shape index (κ3) is 5.46. The summed E-state index contributed by atoms with van der Waals surface area (Å²) in [6, 6.07) is 0. The minimum absolute atomic E-state index is 0.221. The van der Waals surface area contributed by atoms with Crippen molar-refractivity contribution in [2.75, 3.05) is 0 Å². The topological polar surface area (TPSA) is 40.5 Å². The van der Waals surface area contributed by atoms with E-state index < -0.39 is 11.8 Å². The molecule has 0 aromatic rings. The molecule has 0 amide bonds. The summed E-state index contributed by atoms with van der Waals surface area (Å²) in [5.74, 6) is 1.47. The van der Waals surface area contributed by atoms with E-state index in [0.29, 0.717) is 24.2 Å². The first-order chi connectivity index (χ1) is 14.0. The van der Waals surface area contributed by atoms with Crippen molar-refractivity contribution in [2.45, 2.75) is 110 Å². The van der Waals surface area contributed by atoms with Crippen LogP contribution in [-0.2, 0) is 0 Å². The van der Waals surface area contributed by atoms with E-state index in [1.165, 1.54) is 36.8 Å². The number of rotatable bonds is 6. The second-order valence-electron chi connectivity index (χ2n) is 11.4. The molecule has 0 unspecified atom stereocenters. The highest BCUT2D eigenvalue weighted by molar-refractivity contribution is 5.36. The highest BCUT2D eigenvalue weighted by Crippen LogP contribution is 2.60. The van der Waals surface area contributed by atoms with Gasteiger partial charge in [0, 0.05) is 6.42 Å². The molecule has 0 aliphatic heterocycles. The Morgan fingerprint density at radius 3 is 2.67 bits per heavy atom. The molecule has 0 aromatic heterocycles. The number of hydrogen-bond acceptors (Lipinski definition) is 2. The average Bonchev–Trinajstić information content (AvgIpc) is 2.98. The van der Waals surface area contributed by atoms with Gasteiger partial charge in [0.25, 0.3) is 0 Å². The van der Waals surface area contributed by atoms with E-state index in [1.54, 1.807) is 19.4 Å². The first-order valence-electron chi connectivity index (χ1n) is 12.1. The predicted octanol–water partition coefficient (Wildman–Crippen LogP) is 6.68. The van der Waals surface area contributed by atoms with E-state index in [4.69, 9.17) is 0 Å². The number of aliphatic hydroxyl groups is 2. The van der Waals surface area contributed by atoms with Crippen LogP contribution in [0.5, 0.6) is 0 Å². The number of aliphatic hydroxyl groups excluding tert-OH is 1. The molecule has 3 aliphatic carbocycles. The molecule has 6 atom stereocenters. The molecule has 3 saturated carbocycles. The average molecular weight is 419 g/mol. The van der Waals surface area contributed by atoms with Gasteiger partial charge in [-0.05, 0) is 100 Å². The lowest BCUT2D eigenvalue weighted by Crippen LogP contribution is -2.37. The van der Waals surface area contributed by atoms with Crippen LogP contribution < -0.4 is 0 Å². The van der Waals surface area contributed by atoms with Gasteiger partial charge in [-0.1, -0.05) is 43.7 Å². The molecule has 0 heterocycles. The summed E-state index contributed by atoms with van der Waals surface area (Å²) in [5, 5.41) is 20.0. The molecule has 3 aliphatic rings. The Morgan fingerprint density at radius 2 is 1.97 bits per heavy atom. The van der Waals surface area contributed by atoms with Crippen molar-refractivity contribution in [1.82, 2.24) is 0 Å². The van der Waals surface area contributed by atoms with E-state index in [-0.39, 0.29) is 17.9 Å². The van der Waals surface area contributed by atoms with Crippen molar-refractivity contribution in [3.63, 3.8) is 0 Å². The number of hydrogen-bond donors (Lipinski definition) is 2. The first-order valence-corrected chi connectivity index (χ1v) is 12.1. The molecule has 30 heavy (non-hydrogen) atoms. The number of halogens is 1. The van der Waals surface area contributed by atoms with E-state index in [1.807, 2.05) is 0 Å². The van der Waals surface area contributed by atoms with Crippen molar-refractivity contribution in [3.05, 3.63) is 35.5 Å². The second-order valence-corrected chi connectivity index (χ2v) is 11.4. The lowest BCUT2D eigenvalue weighted by molar-refractivity contribution is 0.0285. The van der Waals surface area contributed by atoms with E-state index >= 15 is 0 Å². The molecule has 170 valence electrons. The standard InChI is InChI=1S/C27H43FO2/c1-18-8-11-23(29)16-21(18)10-9-20-7-6-14-27(5)24(12-13-25(20)27)19(2)15-22(28)17-26(3,4)30/h9-10,19,22-25,29-30H,1,6-8,11-17H2,2-5H3/b20-9+,21-10-/t19-,22+,23+,24-,25+,27-/m1/s1. The van der Waals surface area contributed by atoms with Crippen LogP contribution in [0.25, 0.3) is 0 Å². The maximum Gasteiger partial charge on any atom is 0.103 e. The van der Waals surface area contributed by atoms with Crippen LogP contribution in [0.1, 0.15) is 91.9 Å². The fourth-order valence-corrected chi connectivity index (χ4v) is 6.80. The van der Waals surface area contributed by atoms with Crippen molar-refractivity contribution in [1.29, 1.82) is 0 Å². The third-order valence-electron chi connectivity index (χ3n) is 8.26. The minimum Gasteiger partial charge on any atom is -0.393 e. The molecular formula is C27H43FO2. The zero-order valence-corrected chi connectivity index (χ0v) is 19.6. The van der Waals surface area contributed by atoms with Crippen molar-refractivity contribution >= 4 is 0 Å². The summed E-state index contributed by atoms with van der Waals surface area (Å²) in [6.07, 6.45) is 12.6. The van der Waals surface area contributed by atoms with Crippen LogP contribution in [0, 0.1) is 23.2 Å².